The SMILES string of the molecule is O=C(CO)N[C@@H]1CCC[C@H](C(=O)Nc2cc(-c3ccc(F)cc3Cl)c(F)cn2)C1. The van der Waals surface area contributed by atoms with E-state index in [1.165, 1.54) is 18.2 Å². The summed E-state index contributed by atoms with van der Waals surface area (Å²) in [6, 6.07) is 4.77. The van der Waals surface area contributed by atoms with Crippen LogP contribution in [-0.4, -0.2) is 34.6 Å². The molecule has 1 aliphatic carbocycles. The number of benzene rings is 1. The highest BCUT2D eigenvalue weighted by Crippen LogP contribution is 2.32. The van der Waals surface area contributed by atoms with Crippen LogP contribution in [0.25, 0.3) is 11.1 Å². The molecule has 0 radical (unpaired) electrons. The van der Waals surface area contributed by atoms with Gasteiger partial charge in [0.05, 0.1) is 11.2 Å². The minimum Gasteiger partial charge on any atom is -0.387 e. The van der Waals surface area contributed by atoms with Gasteiger partial charge in [-0.05, 0) is 43.5 Å². The Kier molecular flexibility index (Phi) is 6.76. The third-order valence-corrected chi connectivity index (χ3v) is 5.19. The molecule has 1 aromatic heterocycles. The molecule has 3 N–H and O–H groups in total. The molecule has 0 aliphatic heterocycles. The van der Waals surface area contributed by atoms with Crippen LogP contribution in [0.2, 0.25) is 5.02 Å². The van der Waals surface area contributed by atoms with Crippen molar-refractivity contribution in [1.29, 1.82) is 0 Å². The molecule has 9 heteroatoms. The van der Waals surface area contributed by atoms with Gasteiger partial charge in [-0.25, -0.2) is 13.8 Å². The van der Waals surface area contributed by atoms with Gasteiger partial charge in [0.15, 0.2) is 0 Å². The van der Waals surface area contributed by atoms with E-state index in [-0.39, 0.29) is 39.8 Å². The summed E-state index contributed by atoms with van der Waals surface area (Å²) in [5.41, 5.74) is 0.380. The molecule has 0 saturated heterocycles. The van der Waals surface area contributed by atoms with Crippen molar-refractivity contribution in [3.8, 4) is 11.1 Å². The third kappa shape index (κ3) is 5.27. The number of nitrogens with one attached hydrogen (secondary N) is 2. The molecule has 0 spiro atoms. The second-order valence-corrected chi connectivity index (χ2v) is 7.36. The van der Waals surface area contributed by atoms with Crippen LogP contribution in [0.4, 0.5) is 14.6 Å². The number of hydrogen-bond donors (Lipinski definition) is 3. The number of aliphatic hydroxyl groups excluding tert-OH is 1. The highest BCUT2D eigenvalue weighted by atomic mass is 35.5. The molecule has 3 rings (SSSR count). The summed E-state index contributed by atoms with van der Waals surface area (Å²) in [7, 11) is 0. The number of rotatable bonds is 5. The lowest BCUT2D eigenvalue weighted by atomic mass is 9.85. The molecule has 0 bridgehead atoms. The second kappa shape index (κ2) is 9.28. The van der Waals surface area contributed by atoms with E-state index in [9.17, 15) is 18.4 Å². The van der Waals surface area contributed by atoms with Gasteiger partial charge >= 0.3 is 0 Å². The Morgan fingerprint density at radius 3 is 2.72 bits per heavy atom. The summed E-state index contributed by atoms with van der Waals surface area (Å²) < 4.78 is 27.5. The van der Waals surface area contributed by atoms with Gasteiger partial charge in [0.2, 0.25) is 11.8 Å². The monoisotopic (exact) mass is 423 g/mol. The number of amides is 2. The smallest absolute Gasteiger partial charge is 0.245 e. The zero-order valence-corrected chi connectivity index (χ0v) is 16.2. The van der Waals surface area contributed by atoms with E-state index in [4.69, 9.17) is 16.7 Å². The van der Waals surface area contributed by atoms with Gasteiger partial charge in [-0.2, -0.15) is 0 Å². The Labute approximate surface area is 171 Å². The van der Waals surface area contributed by atoms with Gasteiger partial charge in [-0.1, -0.05) is 18.0 Å². The predicted octanol–water partition coefficient (Wildman–Crippen LogP) is 3.29. The van der Waals surface area contributed by atoms with E-state index in [1.807, 2.05) is 0 Å². The molecule has 2 amide bonds. The van der Waals surface area contributed by atoms with Crippen LogP contribution in [0, 0.1) is 17.6 Å². The van der Waals surface area contributed by atoms with Gasteiger partial charge < -0.3 is 15.7 Å². The molecule has 2 aromatic rings. The molecule has 154 valence electrons. The minimum atomic E-state index is -0.652. The number of hydrogen-bond acceptors (Lipinski definition) is 4. The Morgan fingerprint density at radius 2 is 2.00 bits per heavy atom. The number of carbonyl (C=O) groups excluding carboxylic acids is 2. The van der Waals surface area contributed by atoms with Gasteiger partial charge in [-0.15, -0.1) is 0 Å². The number of aromatic nitrogens is 1. The lowest BCUT2D eigenvalue weighted by molar-refractivity contribution is -0.126. The van der Waals surface area contributed by atoms with Crippen LogP contribution in [0.5, 0.6) is 0 Å². The largest absolute Gasteiger partial charge is 0.387 e. The zero-order chi connectivity index (χ0) is 21.0. The Hall–Kier alpha value is -2.58. The summed E-state index contributed by atoms with van der Waals surface area (Å²) in [5.74, 6) is -2.16. The molecule has 29 heavy (non-hydrogen) atoms. The lowest BCUT2D eigenvalue weighted by Gasteiger charge is -2.28. The number of anilines is 1. The molecule has 6 nitrogen and oxygen atoms in total. The van der Waals surface area contributed by atoms with Crippen LogP contribution in [0.1, 0.15) is 25.7 Å². The second-order valence-electron chi connectivity index (χ2n) is 6.95. The quantitative estimate of drug-likeness (QED) is 0.688. The minimum absolute atomic E-state index is 0.0436. The zero-order valence-electron chi connectivity index (χ0n) is 15.4. The molecule has 1 heterocycles. The number of halogens is 3. The average molecular weight is 424 g/mol. The van der Waals surface area contributed by atoms with E-state index in [0.717, 1.165) is 25.1 Å². The van der Waals surface area contributed by atoms with Crippen LogP contribution in [0.3, 0.4) is 0 Å². The van der Waals surface area contributed by atoms with Crippen molar-refractivity contribution in [2.75, 3.05) is 11.9 Å². The fourth-order valence-corrected chi connectivity index (χ4v) is 3.75. The Bertz CT molecular complexity index is 926. The van der Waals surface area contributed by atoms with Crippen LogP contribution in [-0.2, 0) is 9.59 Å². The molecule has 1 fully saturated rings. The van der Waals surface area contributed by atoms with Crippen molar-refractivity contribution < 1.29 is 23.5 Å². The van der Waals surface area contributed by atoms with Crippen LogP contribution < -0.4 is 10.6 Å². The highest BCUT2D eigenvalue weighted by Gasteiger charge is 2.28. The van der Waals surface area contributed by atoms with Gasteiger partial charge in [-0.3, -0.25) is 9.59 Å². The molecule has 1 saturated carbocycles. The van der Waals surface area contributed by atoms with Crippen molar-refractivity contribution in [3.63, 3.8) is 0 Å². The summed E-state index contributed by atoms with van der Waals surface area (Å²) in [6.07, 6.45) is 3.54. The molecule has 1 aliphatic rings. The first-order valence-electron chi connectivity index (χ1n) is 9.19. The standard InChI is InChI=1S/C20H20ClF2N3O3/c21-16-7-12(22)4-5-14(16)15-8-18(24-9-17(15)23)26-20(29)11-2-1-3-13(6-11)25-19(28)10-27/h4-5,7-9,11,13,27H,1-3,6,10H2,(H,25,28)(H,24,26,29)/t11-,13+/m0/s1. The van der Waals surface area contributed by atoms with Crippen molar-refractivity contribution in [2.24, 2.45) is 5.92 Å². The third-order valence-electron chi connectivity index (χ3n) is 4.88. The van der Waals surface area contributed by atoms with Gasteiger partial charge in [0, 0.05) is 23.1 Å². The molecule has 0 unspecified atom stereocenters. The summed E-state index contributed by atoms with van der Waals surface area (Å²) in [6.45, 7) is -0.596. The fourth-order valence-electron chi connectivity index (χ4n) is 3.48. The van der Waals surface area contributed by atoms with E-state index >= 15 is 0 Å². The van der Waals surface area contributed by atoms with E-state index in [2.05, 4.69) is 15.6 Å². The van der Waals surface area contributed by atoms with Crippen molar-refractivity contribution in [1.82, 2.24) is 10.3 Å². The van der Waals surface area contributed by atoms with Crippen molar-refractivity contribution in [2.45, 2.75) is 31.7 Å². The first kappa shape index (κ1) is 21.1. The lowest BCUT2D eigenvalue weighted by Crippen LogP contribution is -2.42. The van der Waals surface area contributed by atoms with Gasteiger partial charge in [0.25, 0.3) is 0 Å². The maximum atomic E-state index is 14.2. The van der Waals surface area contributed by atoms with Gasteiger partial charge in [0.1, 0.15) is 24.1 Å². The fraction of sp³-hybridized carbons (Fsp3) is 0.350. The number of carbonyl (C=O) groups is 2. The number of aliphatic hydroxyl groups is 1. The Balaban J connectivity index is 1.73. The van der Waals surface area contributed by atoms with E-state index in [0.29, 0.717) is 12.8 Å². The maximum Gasteiger partial charge on any atom is 0.245 e. The highest BCUT2D eigenvalue weighted by molar-refractivity contribution is 6.33. The topological polar surface area (TPSA) is 91.3 Å². The summed E-state index contributed by atoms with van der Waals surface area (Å²) >= 11 is 6.02. The molecule has 2 atom stereocenters. The molecular formula is C20H20ClF2N3O3. The van der Waals surface area contributed by atoms with Crippen molar-refractivity contribution in [3.05, 3.63) is 47.1 Å². The van der Waals surface area contributed by atoms with Crippen molar-refractivity contribution >= 4 is 29.2 Å². The average Bonchev–Trinajstić information content (AvgIpc) is 2.70. The first-order valence-corrected chi connectivity index (χ1v) is 9.57. The predicted molar refractivity (Wildman–Crippen MR) is 104 cm³/mol. The molecular weight excluding hydrogens is 404 g/mol. The Morgan fingerprint density at radius 1 is 1.21 bits per heavy atom. The number of pyridine rings is 1. The van der Waals surface area contributed by atoms with Crippen LogP contribution in [0.15, 0.2) is 30.5 Å². The summed E-state index contributed by atoms with van der Waals surface area (Å²) in [5, 5.41) is 14.3. The normalized spacial score (nSPS) is 18.9. The van der Waals surface area contributed by atoms with E-state index in [1.54, 1.807) is 0 Å². The van der Waals surface area contributed by atoms with E-state index < -0.39 is 24.1 Å². The number of nitrogens with zero attached hydrogens (tertiary/aromatic N) is 1. The van der Waals surface area contributed by atoms with Crippen LogP contribution >= 0.6 is 11.6 Å². The first-order chi connectivity index (χ1) is 13.9. The molecule has 1 aromatic carbocycles. The summed E-state index contributed by atoms with van der Waals surface area (Å²) in [4.78, 5) is 27.9. The maximum absolute atomic E-state index is 14.2.